The molecule has 10 heteroatoms. The van der Waals surface area contributed by atoms with Crippen molar-refractivity contribution < 1.29 is 27.5 Å². The quantitative estimate of drug-likeness (QED) is 0.796. The molecule has 2 saturated heterocycles. The van der Waals surface area contributed by atoms with E-state index in [0.29, 0.717) is 51.4 Å². The number of methoxy groups -OCH3 is 1. The molecule has 28 heavy (non-hydrogen) atoms. The van der Waals surface area contributed by atoms with Crippen LogP contribution in [-0.4, -0.2) is 76.1 Å². The Morgan fingerprint density at radius 3 is 2.46 bits per heavy atom. The van der Waals surface area contributed by atoms with Crippen LogP contribution >= 0.6 is 0 Å². The van der Waals surface area contributed by atoms with Crippen LogP contribution in [0.25, 0.3) is 0 Å². The lowest BCUT2D eigenvalue weighted by atomic mass is 9.98. The number of hydrogen-bond donors (Lipinski definition) is 1. The summed E-state index contributed by atoms with van der Waals surface area (Å²) >= 11 is 0. The number of amides is 2. The molecule has 9 nitrogen and oxygen atoms in total. The highest BCUT2D eigenvalue weighted by Crippen LogP contribution is 2.26. The summed E-state index contributed by atoms with van der Waals surface area (Å²) in [6.07, 6.45) is 0.697. The number of sulfonamides is 1. The Morgan fingerprint density at radius 1 is 1.14 bits per heavy atom. The van der Waals surface area contributed by atoms with Crippen LogP contribution in [0.15, 0.2) is 29.2 Å². The molecule has 2 heterocycles. The number of anilines is 1. The van der Waals surface area contributed by atoms with E-state index in [4.69, 9.17) is 4.74 Å². The molecule has 0 aliphatic carbocycles. The third-order valence-corrected chi connectivity index (χ3v) is 6.86. The van der Waals surface area contributed by atoms with Crippen LogP contribution in [-0.2, 0) is 24.3 Å². The highest BCUT2D eigenvalue weighted by atomic mass is 32.2. The second-order valence-electron chi connectivity index (χ2n) is 6.78. The number of benzene rings is 1. The van der Waals surface area contributed by atoms with Crippen LogP contribution in [0.4, 0.5) is 10.5 Å². The van der Waals surface area contributed by atoms with Gasteiger partial charge in [0, 0.05) is 31.9 Å². The van der Waals surface area contributed by atoms with Crippen molar-refractivity contribution in [3.8, 4) is 0 Å². The van der Waals surface area contributed by atoms with Gasteiger partial charge in [-0.05, 0) is 37.1 Å². The molecule has 0 saturated carbocycles. The SMILES string of the molecule is COC(=O)Nc1ccc(S(=O)(=O)N2CCC[C@H](C(=O)N3CCOCC3)C2)cc1. The second-order valence-corrected chi connectivity index (χ2v) is 8.72. The van der Waals surface area contributed by atoms with Gasteiger partial charge in [0.25, 0.3) is 0 Å². The number of nitrogens with zero attached hydrogens (tertiary/aromatic N) is 2. The Kier molecular flexibility index (Phi) is 6.53. The first kappa shape index (κ1) is 20.6. The molecule has 2 amide bonds. The van der Waals surface area contributed by atoms with Crippen LogP contribution in [0.5, 0.6) is 0 Å². The van der Waals surface area contributed by atoms with Gasteiger partial charge in [0.1, 0.15) is 0 Å². The van der Waals surface area contributed by atoms with Crippen LogP contribution in [0.2, 0.25) is 0 Å². The van der Waals surface area contributed by atoms with Gasteiger partial charge in [-0.25, -0.2) is 13.2 Å². The first-order chi connectivity index (χ1) is 13.4. The van der Waals surface area contributed by atoms with Gasteiger partial charge in [0.05, 0.1) is 31.1 Å². The minimum atomic E-state index is -3.72. The Labute approximate surface area is 164 Å². The fourth-order valence-corrected chi connectivity index (χ4v) is 4.96. The van der Waals surface area contributed by atoms with E-state index >= 15 is 0 Å². The van der Waals surface area contributed by atoms with E-state index in [0.717, 1.165) is 0 Å². The number of carbonyl (C=O) groups is 2. The summed E-state index contributed by atoms with van der Waals surface area (Å²) in [5.41, 5.74) is 0.435. The summed E-state index contributed by atoms with van der Waals surface area (Å²) in [4.78, 5) is 25.9. The molecule has 2 aliphatic heterocycles. The highest BCUT2D eigenvalue weighted by Gasteiger charge is 2.35. The van der Waals surface area contributed by atoms with Crippen LogP contribution in [0.3, 0.4) is 0 Å². The second kappa shape index (κ2) is 8.89. The Morgan fingerprint density at radius 2 is 1.82 bits per heavy atom. The van der Waals surface area contributed by atoms with Crippen molar-refractivity contribution in [3.05, 3.63) is 24.3 Å². The highest BCUT2D eigenvalue weighted by molar-refractivity contribution is 7.89. The number of carbonyl (C=O) groups excluding carboxylic acids is 2. The zero-order valence-electron chi connectivity index (χ0n) is 15.8. The smallest absolute Gasteiger partial charge is 0.411 e. The minimum Gasteiger partial charge on any atom is -0.453 e. The van der Waals surface area contributed by atoms with Crippen LogP contribution in [0, 0.1) is 5.92 Å². The van der Waals surface area contributed by atoms with Gasteiger partial charge < -0.3 is 14.4 Å². The zero-order chi connectivity index (χ0) is 20.1. The molecule has 1 aromatic rings. The number of hydrogen-bond acceptors (Lipinski definition) is 6. The Hall–Kier alpha value is -2.17. The summed E-state index contributed by atoms with van der Waals surface area (Å²) in [5.74, 6) is -0.331. The van der Waals surface area contributed by atoms with Crippen molar-refractivity contribution in [2.24, 2.45) is 5.92 Å². The van der Waals surface area contributed by atoms with E-state index < -0.39 is 16.1 Å². The largest absolute Gasteiger partial charge is 0.453 e. The molecule has 1 atom stereocenters. The molecule has 2 fully saturated rings. The lowest BCUT2D eigenvalue weighted by Gasteiger charge is -2.35. The predicted octanol–water partition coefficient (Wildman–Crippen LogP) is 1.12. The van der Waals surface area contributed by atoms with Crippen LogP contribution < -0.4 is 5.32 Å². The molecule has 2 aliphatic rings. The fraction of sp³-hybridized carbons (Fsp3) is 0.556. The summed E-state index contributed by atoms with van der Waals surface area (Å²) < 4.78 is 37.1. The van der Waals surface area contributed by atoms with E-state index in [9.17, 15) is 18.0 Å². The molecule has 0 unspecified atom stereocenters. The van der Waals surface area contributed by atoms with Gasteiger partial charge >= 0.3 is 6.09 Å². The van der Waals surface area contributed by atoms with E-state index in [1.807, 2.05) is 0 Å². The van der Waals surface area contributed by atoms with Gasteiger partial charge in [-0.1, -0.05) is 0 Å². The molecule has 154 valence electrons. The average Bonchev–Trinajstić information content (AvgIpc) is 2.74. The topological polar surface area (TPSA) is 105 Å². The van der Waals surface area contributed by atoms with E-state index in [-0.39, 0.29) is 23.3 Å². The first-order valence-electron chi connectivity index (χ1n) is 9.23. The first-order valence-corrected chi connectivity index (χ1v) is 10.7. The van der Waals surface area contributed by atoms with Gasteiger partial charge in [-0.15, -0.1) is 0 Å². The van der Waals surface area contributed by atoms with Crippen molar-refractivity contribution in [1.82, 2.24) is 9.21 Å². The molecule has 1 N–H and O–H groups in total. The molecule has 1 aromatic carbocycles. The number of rotatable bonds is 4. The number of morpholine rings is 1. The van der Waals surface area contributed by atoms with Gasteiger partial charge in [-0.2, -0.15) is 4.31 Å². The van der Waals surface area contributed by atoms with E-state index in [1.54, 1.807) is 4.90 Å². The number of ether oxygens (including phenoxy) is 2. The molecule has 0 bridgehead atoms. The van der Waals surface area contributed by atoms with Gasteiger partial charge in [0.15, 0.2) is 0 Å². The molecule has 0 spiro atoms. The molecule has 0 aromatic heterocycles. The number of nitrogens with one attached hydrogen (secondary N) is 1. The molecular weight excluding hydrogens is 386 g/mol. The van der Waals surface area contributed by atoms with Crippen molar-refractivity contribution in [1.29, 1.82) is 0 Å². The summed E-state index contributed by atoms with van der Waals surface area (Å²) in [6, 6.07) is 5.89. The summed E-state index contributed by atoms with van der Waals surface area (Å²) in [5, 5.41) is 2.48. The van der Waals surface area contributed by atoms with Crippen molar-refractivity contribution in [2.45, 2.75) is 17.7 Å². The van der Waals surface area contributed by atoms with Gasteiger partial charge in [-0.3, -0.25) is 10.1 Å². The lowest BCUT2D eigenvalue weighted by molar-refractivity contribution is -0.140. The zero-order valence-corrected chi connectivity index (χ0v) is 16.6. The molecule has 0 radical (unpaired) electrons. The Balaban J connectivity index is 1.68. The minimum absolute atomic E-state index is 0.000765. The maximum atomic E-state index is 13.0. The summed E-state index contributed by atoms with van der Waals surface area (Å²) in [7, 11) is -2.47. The normalized spacial score (nSPS) is 21.2. The number of piperidine rings is 1. The monoisotopic (exact) mass is 411 g/mol. The Bertz CT molecular complexity index is 805. The third-order valence-electron chi connectivity index (χ3n) is 4.98. The third kappa shape index (κ3) is 4.62. The van der Waals surface area contributed by atoms with Crippen LogP contribution in [0.1, 0.15) is 12.8 Å². The van der Waals surface area contributed by atoms with Gasteiger partial charge in [0.2, 0.25) is 15.9 Å². The maximum Gasteiger partial charge on any atom is 0.411 e. The predicted molar refractivity (Wildman–Crippen MR) is 101 cm³/mol. The van der Waals surface area contributed by atoms with E-state index in [2.05, 4.69) is 10.1 Å². The van der Waals surface area contributed by atoms with E-state index in [1.165, 1.54) is 35.7 Å². The van der Waals surface area contributed by atoms with Crippen molar-refractivity contribution in [2.75, 3.05) is 51.8 Å². The molecule has 3 rings (SSSR count). The van der Waals surface area contributed by atoms with Crippen molar-refractivity contribution in [3.63, 3.8) is 0 Å². The van der Waals surface area contributed by atoms with Crippen molar-refractivity contribution >= 4 is 27.7 Å². The standard InChI is InChI=1S/C18H25N3O6S/c1-26-18(23)19-15-4-6-16(7-5-15)28(24,25)21-8-2-3-14(13-21)17(22)20-9-11-27-12-10-20/h4-7,14H,2-3,8-13H2,1H3,(H,19,23)/t14-/m0/s1. The summed E-state index contributed by atoms with van der Waals surface area (Å²) in [6.45, 7) is 2.71. The maximum absolute atomic E-state index is 13.0. The fourth-order valence-electron chi connectivity index (χ4n) is 3.43. The molecular formula is C18H25N3O6S. The lowest BCUT2D eigenvalue weighted by Crippen LogP contribution is -2.49. The average molecular weight is 411 g/mol.